The van der Waals surface area contributed by atoms with E-state index in [2.05, 4.69) is 25.5 Å². The summed E-state index contributed by atoms with van der Waals surface area (Å²) in [6, 6.07) is 3.38. The Morgan fingerprint density at radius 1 is 1.56 bits per heavy atom. The first-order chi connectivity index (χ1) is 7.77. The predicted octanol–water partition coefficient (Wildman–Crippen LogP) is 0.00870. The number of hydrazone groups is 1. The van der Waals surface area contributed by atoms with Crippen molar-refractivity contribution in [3.8, 4) is 0 Å². The van der Waals surface area contributed by atoms with Crippen LogP contribution in [0.5, 0.6) is 0 Å². The summed E-state index contributed by atoms with van der Waals surface area (Å²) in [5, 5.41) is 10.2. The number of amides is 1. The Hall–Kier alpha value is -2.64. The van der Waals surface area contributed by atoms with E-state index in [0.29, 0.717) is 5.76 Å². The lowest BCUT2D eigenvalue weighted by Gasteiger charge is -1.93. The maximum atomic E-state index is 11.4. The molecule has 0 fully saturated rings. The van der Waals surface area contributed by atoms with Crippen LogP contribution in [0, 0.1) is 0 Å². The zero-order valence-electron chi connectivity index (χ0n) is 7.95. The normalized spacial score (nSPS) is 10.8. The lowest BCUT2D eigenvalue weighted by molar-refractivity contribution is 0.0946. The molecule has 0 saturated carbocycles. The molecule has 2 heterocycles. The first-order valence-electron chi connectivity index (χ1n) is 4.22. The standard InChI is InChI=1S/C8H7N5O3/c9-7-6(12-16-13-7)8(14)11-10-4-5-2-1-3-15-5/h1-4H,(H2,9,13)(H,11,14)/b10-4-. The van der Waals surface area contributed by atoms with Gasteiger partial charge in [0.25, 0.3) is 5.91 Å². The van der Waals surface area contributed by atoms with Crippen molar-refractivity contribution in [2.45, 2.75) is 0 Å². The summed E-state index contributed by atoms with van der Waals surface area (Å²) in [5.74, 6) is -0.196. The smallest absolute Gasteiger partial charge is 0.297 e. The molecule has 2 aromatic heterocycles. The van der Waals surface area contributed by atoms with Crippen molar-refractivity contribution in [2.24, 2.45) is 5.10 Å². The van der Waals surface area contributed by atoms with Crippen LogP contribution in [0.15, 0.2) is 32.5 Å². The van der Waals surface area contributed by atoms with Crippen LogP contribution in [0.2, 0.25) is 0 Å². The number of carbonyl (C=O) groups is 1. The number of aromatic nitrogens is 2. The second kappa shape index (κ2) is 4.26. The van der Waals surface area contributed by atoms with Gasteiger partial charge in [-0.1, -0.05) is 0 Å². The minimum Gasteiger partial charge on any atom is -0.463 e. The van der Waals surface area contributed by atoms with E-state index in [9.17, 15) is 4.79 Å². The van der Waals surface area contributed by atoms with Gasteiger partial charge in [0.05, 0.1) is 12.5 Å². The van der Waals surface area contributed by atoms with Crippen molar-refractivity contribution >= 4 is 17.9 Å². The van der Waals surface area contributed by atoms with Crippen molar-refractivity contribution in [1.29, 1.82) is 0 Å². The molecule has 3 N–H and O–H groups in total. The van der Waals surface area contributed by atoms with Gasteiger partial charge >= 0.3 is 0 Å². The maximum Gasteiger partial charge on any atom is 0.297 e. The Morgan fingerprint density at radius 2 is 2.44 bits per heavy atom. The first kappa shape index (κ1) is 9.90. The molecule has 2 aromatic rings. The molecule has 0 aliphatic heterocycles. The second-order valence-electron chi connectivity index (χ2n) is 2.71. The Bertz CT molecular complexity index is 501. The van der Waals surface area contributed by atoms with Gasteiger partial charge in [0.2, 0.25) is 11.5 Å². The number of nitrogens with one attached hydrogen (secondary N) is 1. The van der Waals surface area contributed by atoms with Crippen molar-refractivity contribution < 1.29 is 13.8 Å². The third kappa shape index (κ3) is 2.05. The third-order valence-corrected chi connectivity index (χ3v) is 1.63. The fourth-order valence-corrected chi connectivity index (χ4v) is 0.925. The quantitative estimate of drug-likeness (QED) is 0.556. The Labute approximate surface area is 89.1 Å². The molecule has 0 atom stereocenters. The molecule has 0 spiro atoms. The van der Waals surface area contributed by atoms with E-state index in [4.69, 9.17) is 10.2 Å². The van der Waals surface area contributed by atoms with Gasteiger partial charge < -0.3 is 10.2 Å². The molecule has 0 unspecified atom stereocenters. The maximum absolute atomic E-state index is 11.4. The minimum absolute atomic E-state index is 0.0919. The molecular formula is C8H7N5O3. The topological polar surface area (TPSA) is 120 Å². The zero-order chi connectivity index (χ0) is 11.4. The van der Waals surface area contributed by atoms with Gasteiger partial charge in [-0.3, -0.25) is 4.79 Å². The fraction of sp³-hybridized carbons (Fsp3) is 0. The van der Waals surface area contributed by atoms with Crippen LogP contribution < -0.4 is 11.2 Å². The summed E-state index contributed by atoms with van der Waals surface area (Å²) in [6.07, 6.45) is 2.82. The fourth-order valence-electron chi connectivity index (χ4n) is 0.925. The SMILES string of the molecule is Nc1nonc1C(=O)N/N=C\c1ccco1. The number of furan rings is 1. The van der Waals surface area contributed by atoms with Gasteiger partial charge in [-0.15, -0.1) is 0 Å². The van der Waals surface area contributed by atoms with Crippen molar-refractivity contribution in [3.05, 3.63) is 29.9 Å². The van der Waals surface area contributed by atoms with E-state index in [-0.39, 0.29) is 11.5 Å². The summed E-state index contributed by atoms with van der Waals surface area (Å²) >= 11 is 0. The number of hydrogen-bond acceptors (Lipinski definition) is 7. The van der Waals surface area contributed by atoms with Crippen LogP contribution in [0.3, 0.4) is 0 Å². The lowest BCUT2D eigenvalue weighted by Crippen LogP contribution is -2.19. The minimum atomic E-state index is -0.610. The number of nitrogens with zero attached hydrogens (tertiary/aromatic N) is 3. The van der Waals surface area contributed by atoms with Crippen LogP contribution in [0.4, 0.5) is 5.82 Å². The molecule has 1 amide bonds. The number of carbonyl (C=O) groups excluding carboxylic acids is 1. The average molecular weight is 221 g/mol. The van der Waals surface area contributed by atoms with Crippen LogP contribution in [-0.2, 0) is 0 Å². The van der Waals surface area contributed by atoms with E-state index in [1.807, 2.05) is 0 Å². The molecule has 0 aliphatic carbocycles. The van der Waals surface area contributed by atoms with Crippen LogP contribution in [0.25, 0.3) is 0 Å². The molecule has 0 aromatic carbocycles. The van der Waals surface area contributed by atoms with E-state index in [1.54, 1.807) is 12.1 Å². The van der Waals surface area contributed by atoms with E-state index >= 15 is 0 Å². The van der Waals surface area contributed by atoms with Crippen molar-refractivity contribution in [1.82, 2.24) is 15.7 Å². The van der Waals surface area contributed by atoms with Gasteiger partial charge in [0, 0.05) is 0 Å². The number of nitrogens with two attached hydrogens (primary N) is 1. The Kier molecular flexibility index (Phi) is 2.63. The molecule has 82 valence electrons. The molecule has 0 saturated heterocycles. The van der Waals surface area contributed by atoms with Crippen LogP contribution >= 0.6 is 0 Å². The molecule has 8 heteroatoms. The molecule has 0 radical (unpaired) electrons. The summed E-state index contributed by atoms with van der Waals surface area (Å²) < 4.78 is 9.22. The molecule has 0 bridgehead atoms. The summed E-state index contributed by atoms with van der Waals surface area (Å²) in [6.45, 7) is 0. The first-order valence-corrected chi connectivity index (χ1v) is 4.22. The van der Waals surface area contributed by atoms with E-state index in [1.165, 1.54) is 12.5 Å². The number of anilines is 1. The highest BCUT2D eigenvalue weighted by molar-refractivity contribution is 5.96. The van der Waals surface area contributed by atoms with E-state index in [0.717, 1.165) is 0 Å². The summed E-state index contributed by atoms with van der Waals surface area (Å²) in [5.41, 5.74) is 7.39. The Balaban J connectivity index is 1.97. The largest absolute Gasteiger partial charge is 0.463 e. The van der Waals surface area contributed by atoms with Gasteiger partial charge in [-0.25, -0.2) is 10.1 Å². The molecule has 8 nitrogen and oxygen atoms in total. The number of rotatable bonds is 3. The lowest BCUT2D eigenvalue weighted by atomic mass is 10.4. The van der Waals surface area contributed by atoms with Crippen LogP contribution in [-0.4, -0.2) is 22.4 Å². The summed E-state index contributed by atoms with van der Waals surface area (Å²) in [4.78, 5) is 11.4. The number of nitrogen functional groups attached to an aromatic ring is 1. The third-order valence-electron chi connectivity index (χ3n) is 1.63. The monoisotopic (exact) mass is 221 g/mol. The Morgan fingerprint density at radius 3 is 3.06 bits per heavy atom. The summed E-state index contributed by atoms with van der Waals surface area (Å²) in [7, 11) is 0. The predicted molar refractivity (Wildman–Crippen MR) is 52.5 cm³/mol. The second-order valence-corrected chi connectivity index (χ2v) is 2.71. The highest BCUT2D eigenvalue weighted by Gasteiger charge is 2.14. The molecule has 0 aliphatic rings. The van der Waals surface area contributed by atoms with E-state index < -0.39 is 5.91 Å². The van der Waals surface area contributed by atoms with Crippen molar-refractivity contribution in [3.63, 3.8) is 0 Å². The van der Waals surface area contributed by atoms with Gasteiger partial charge in [-0.2, -0.15) is 5.10 Å². The average Bonchev–Trinajstić information content (AvgIpc) is 2.88. The highest BCUT2D eigenvalue weighted by Crippen LogP contribution is 2.02. The van der Waals surface area contributed by atoms with Crippen molar-refractivity contribution in [2.75, 3.05) is 5.73 Å². The zero-order valence-corrected chi connectivity index (χ0v) is 7.95. The number of hydrogen-bond donors (Lipinski definition) is 2. The molecular weight excluding hydrogens is 214 g/mol. The van der Waals surface area contributed by atoms with Gasteiger partial charge in [0.1, 0.15) is 5.76 Å². The highest BCUT2D eigenvalue weighted by atomic mass is 16.6. The van der Waals surface area contributed by atoms with Crippen LogP contribution in [0.1, 0.15) is 16.2 Å². The van der Waals surface area contributed by atoms with Gasteiger partial charge in [0.15, 0.2) is 0 Å². The molecule has 16 heavy (non-hydrogen) atoms. The molecule has 2 rings (SSSR count). The van der Waals surface area contributed by atoms with Gasteiger partial charge in [-0.05, 0) is 22.4 Å².